The Hall–Kier alpha value is -0.773. The smallest absolute Gasteiger partial charge is 0.191 e. The highest BCUT2D eigenvalue weighted by Gasteiger charge is 2.57. The summed E-state index contributed by atoms with van der Waals surface area (Å²) >= 11 is 0. The molecular weight excluding hydrogens is 422 g/mol. The molecule has 5 heteroatoms. The molecule has 0 aromatic rings. The Morgan fingerprint density at radius 2 is 1.82 bits per heavy atom. The van der Waals surface area contributed by atoms with Gasteiger partial charge in [0.1, 0.15) is 0 Å². The molecule has 3 rings (SSSR count). The molecular formula is C28H51N3OSi. The van der Waals surface area contributed by atoms with E-state index in [4.69, 9.17) is 4.43 Å². The van der Waals surface area contributed by atoms with Gasteiger partial charge in [-0.2, -0.15) is 0 Å². The Kier molecular flexibility index (Phi) is 7.60. The molecule has 0 saturated heterocycles. The van der Waals surface area contributed by atoms with Crippen LogP contribution in [-0.2, 0) is 4.43 Å². The van der Waals surface area contributed by atoms with Crippen molar-refractivity contribution in [1.82, 2.24) is 0 Å². The summed E-state index contributed by atoms with van der Waals surface area (Å²) in [5.41, 5.74) is 11.1. The van der Waals surface area contributed by atoms with Crippen molar-refractivity contribution in [3.8, 4) is 0 Å². The van der Waals surface area contributed by atoms with Crippen LogP contribution < -0.4 is 0 Å². The van der Waals surface area contributed by atoms with Crippen molar-refractivity contribution < 1.29 is 4.43 Å². The normalized spacial score (nSPS) is 42.0. The van der Waals surface area contributed by atoms with Gasteiger partial charge in [0, 0.05) is 18.1 Å². The molecule has 4 nitrogen and oxygen atoms in total. The zero-order valence-electron chi connectivity index (χ0n) is 23.1. The van der Waals surface area contributed by atoms with Crippen LogP contribution in [0.15, 0.2) is 17.3 Å². The minimum atomic E-state index is -1.80. The first-order chi connectivity index (χ1) is 15.2. The molecule has 3 aliphatic rings. The molecule has 2 unspecified atom stereocenters. The number of fused-ring (bicyclic) bond motifs is 1. The summed E-state index contributed by atoms with van der Waals surface area (Å²) < 4.78 is 6.89. The maximum atomic E-state index is 9.22. The highest BCUT2D eigenvalue weighted by molar-refractivity contribution is 6.74. The van der Waals surface area contributed by atoms with E-state index in [0.717, 1.165) is 24.9 Å². The van der Waals surface area contributed by atoms with Crippen molar-refractivity contribution in [3.63, 3.8) is 0 Å². The number of allylic oxidation sites excluding steroid dienone is 1. The maximum absolute atomic E-state index is 9.22. The lowest BCUT2D eigenvalue weighted by molar-refractivity contribution is -0.0891. The number of nitrogens with zero attached hydrogens (tertiary/aromatic N) is 3. The van der Waals surface area contributed by atoms with Crippen LogP contribution in [0.5, 0.6) is 0 Å². The predicted molar refractivity (Wildman–Crippen MR) is 143 cm³/mol. The van der Waals surface area contributed by atoms with Crippen LogP contribution in [0, 0.1) is 46.3 Å². The van der Waals surface area contributed by atoms with Gasteiger partial charge in [-0.3, -0.25) is 0 Å². The van der Waals surface area contributed by atoms with Gasteiger partial charge in [0.05, 0.1) is 0 Å². The molecule has 3 aliphatic carbocycles. The minimum absolute atomic E-state index is 0.225. The lowest BCUT2D eigenvalue weighted by atomic mass is 9.48. The molecule has 3 saturated carbocycles. The van der Waals surface area contributed by atoms with Crippen LogP contribution in [0.3, 0.4) is 0 Å². The van der Waals surface area contributed by atoms with E-state index in [9.17, 15) is 5.53 Å². The number of hydrogen-bond acceptors (Lipinski definition) is 2. The third-order valence-corrected chi connectivity index (χ3v) is 15.9. The van der Waals surface area contributed by atoms with E-state index in [1.165, 1.54) is 37.7 Å². The summed E-state index contributed by atoms with van der Waals surface area (Å²) in [6.45, 7) is 27.7. The summed E-state index contributed by atoms with van der Waals surface area (Å²) in [6.07, 6.45) is 7.34. The lowest BCUT2D eigenvalue weighted by Gasteiger charge is -2.58. The van der Waals surface area contributed by atoms with Crippen LogP contribution in [0.4, 0.5) is 0 Å². The van der Waals surface area contributed by atoms with Gasteiger partial charge in [0.2, 0.25) is 0 Å². The van der Waals surface area contributed by atoms with E-state index in [1.54, 1.807) is 0 Å². The molecule has 3 fully saturated rings. The van der Waals surface area contributed by atoms with E-state index in [-0.39, 0.29) is 15.9 Å². The van der Waals surface area contributed by atoms with Crippen molar-refractivity contribution >= 4 is 8.32 Å². The van der Waals surface area contributed by atoms with Crippen molar-refractivity contribution in [2.45, 2.75) is 105 Å². The first-order valence-electron chi connectivity index (χ1n) is 13.5. The van der Waals surface area contributed by atoms with Crippen molar-refractivity contribution in [2.24, 2.45) is 51.5 Å². The molecule has 8 atom stereocenters. The van der Waals surface area contributed by atoms with Gasteiger partial charge in [-0.05, 0) is 109 Å². The molecule has 0 spiro atoms. The summed E-state index contributed by atoms with van der Waals surface area (Å²) in [4.78, 5) is 3.21. The van der Waals surface area contributed by atoms with Crippen molar-refractivity contribution in [3.05, 3.63) is 22.6 Å². The molecule has 0 N–H and O–H groups in total. The maximum Gasteiger partial charge on any atom is 0.191 e. The van der Waals surface area contributed by atoms with Crippen LogP contribution in [-0.4, -0.2) is 21.5 Å². The van der Waals surface area contributed by atoms with Gasteiger partial charge in [-0.1, -0.05) is 65.7 Å². The van der Waals surface area contributed by atoms with Gasteiger partial charge >= 0.3 is 0 Å². The zero-order chi connectivity index (χ0) is 24.8. The molecule has 0 bridgehead atoms. The number of hydrogen-bond donors (Lipinski definition) is 0. The first-order valence-corrected chi connectivity index (χ1v) is 16.4. The molecule has 0 heterocycles. The average Bonchev–Trinajstić information content (AvgIpc) is 3.02. The third-order valence-electron chi connectivity index (χ3n) is 11.4. The van der Waals surface area contributed by atoms with E-state index in [2.05, 4.69) is 78.2 Å². The van der Waals surface area contributed by atoms with Gasteiger partial charge in [-0.25, -0.2) is 0 Å². The Balaban J connectivity index is 1.94. The van der Waals surface area contributed by atoms with Gasteiger partial charge in [0.15, 0.2) is 8.32 Å². The molecule has 188 valence electrons. The van der Waals surface area contributed by atoms with Crippen molar-refractivity contribution in [1.29, 1.82) is 0 Å². The van der Waals surface area contributed by atoms with Gasteiger partial charge < -0.3 is 4.43 Å². The summed E-state index contributed by atoms with van der Waals surface area (Å²) in [5, 5.41) is 4.43. The largest absolute Gasteiger partial charge is 0.417 e. The second-order valence-corrected chi connectivity index (χ2v) is 18.9. The second-order valence-electron chi connectivity index (χ2n) is 14.1. The lowest BCUT2D eigenvalue weighted by Crippen LogP contribution is -2.53. The highest BCUT2D eigenvalue weighted by Crippen LogP contribution is 2.64. The number of rotatable bonds is 6. The molecule has 0 aromatic heterocycles. The average molecular weight is 474 g/mol. The Labute approximate surface area is 205 Å². The molecule has 0 amide bonds. The Morgan fingerprint density at radius 1 is 1.15 bits per heavy atom. The molecule has 0 radical (unpaired) electrons. The standard InChI is InChI=1S/C28H51N3OSi/c1-19-15-22(18-32-33(9,10)26(4,5)6)28(8,16-20(19)2)25-13-14-27(7)21(3)11-12-24(27)23(25)17-30-31-29/h19-20,22-25H,3,11-18H2,1-2,4-10H3/t19-,20+,22+,23-,24?,25?,27+,28-/m0/s1. The topological polar surface area (TPSA) is 58.0 Å². The fourth-order valence-electron chi connectivity index (χ4n) is 7.65. The van der Waals surface area contributed by atoms with E-state index in [1.807, 2.05) is 0 Å². The van der Waals surface area contributed by atoms with Crippen LogP contribution in [0.25, 0.3) is 10.4 Å². The zero-order valence-corrected chi connectivity index (χ0v) is 24.1. The minimum Gasteiger partial charge on any atom is -0.417 e. The monoisotopic (exact) mass is 473 g/mol. The Morgan fingerprint density at radius 3 is 2.42 bits per heavy atom. The predicted octanol–water partition coefficient (Wildman–Crippen LogP) is 9.01. The highest BCUT2D eigenvalue weighted by atomic mass is 28.4. The summed E-state index contributed by atoms with van der Waals surface area (Å²) in [5.74, 6) is 3.69. The third kappa shape index (κ3) is 4.84. The molecule has 0 aromatic carbocycles. The van der Waals surface area contributed by atoms with E-state index in [0.29, 0.717) is 30.2 Å². The quantitative estimate of drug-likeness (QED) is 0.125. The van der Waals surface area contributed by atoms with Crippen LogP contribution >= 0.6 is 0 Å². The summed E-state index contributed by atoms with van der Waals surface area (Å²) in [7, 11) is -1.80. The Bertz CT molecular complexity index is 783. The first kappa shape index (κ1) is 26.8. The number of azide groups is 1. The van der Waals surface area contributed by atoms with Gasteiger partial charge in [0.25, 0.3) is 0 Å². The molecule has 0 aliphatic heterocycles. The van der Waals surface area contributed by atoms with Crippen LogP contribution in [0.1, 0.15) is 87.0 Å². The van der Waals surface area contributed by atoms with E-state index >= 15 is 0 Å². The fraction of sp³-hybridized carbons (Fsp3) is 0.929. The van der Waals surface area contributed by atoms with Crippen LogP contribution in [0.2, 0.25) is 18.1 Å². The SMILES string of the molecule is C=C1CCC2[C@H](CN=[N+]=[N-])C([C@@]3(C)C[C@@H](C)[C@@H](C)C[C@@H]3CO[Si](C)(C)C(C)(C)C)CC[C@]12C. The van der Waals surface area contributed by atoms with E-state index < -0.39 is 8.32 Å². The molecule has 33 heavy (non-hydrogen) atoms. The van der Waals surface area contributed by atoms with Gasteiger partial charge in [-0.15, -0.1) is 0 Å². The second kappa shape index (κ2) is 9.35. The fourth-order valence-corrected chi connectivity index (χ4v) is 8.70. The summed E-state index contributed by atoms with van der Waals surface area (Å²) in [6, 6.07) is 0. The van der Waals surface area contributed by atoms with Crippen molar-refractivity contribution in [2.75, 3.05) is 13.2 Å².